The van der Waals surface area contributed by atoms with Crippen LogP contribution in [0.15, 0.2) is 66.7 Å². The summed E-state index contributed by atoms with van der Waals surface area (Å²) in [6.45, 7) is 5.35. The number of para-hydroxylation sites is 1. The predicted molar refractivity (Wildman–Crippen MR) is 135 cm³/mol. The Morgan fingerprint density at radius 3 is 2.22 bits per heavy atom. The molecule has 0 aliphatic heterocycles. The molecule has 4 aromatic rings. The number of aliphatic carboxylic acids is 1. The van der Waals surface area contributed by atoms with Gasteiger partial charge >= 0.3 is 5.97 Å². The zero-order valence-corrected chi connectivity index (χ0v) is 20.7. The summed E-state index contributed by atoms with van der Waals surface area (Å²) in [6, 6.07) is 19.1. The molecule has 1 N–H and O–H groups in total. The molecule has 0 spiro atoms. The highest BCUT2D eigenvalue weighted by atomic mass is 19.1. The van der Waals surface area contributed by atoms with Crippen molar-refractivity contribution in [1.29, 1.82) is 0 Å². The maximum atomic E-state index is 15.0. The van der Waals surface area contributed by atoms with E-state index in [0.717, 1.165) is 11.1 Å². The number of benzene rings is 3. The molecule has 0 atom stereocenters. The third kappa shape index (κ3) is 4.88. The van der Waals surface area contributed by atoms with Gasteiger partial charge in [0.15, 0.2) is 11.4 Å². The number of ether oxygens (including phenoxy) is 2. The third-order valence-electron chi connectivity index (χ3n) is 6.35. The van der Waals surface area contributed by atoms with E-state index in [4.69, 9.17) is 9.47 Å². The minimum absolute atomic E-state index is 0.153. The zero-order valence-electron chi connectivity index (χ0n) is 20.7. The highest BCUT2D eigenvalue weighted by Crippen LogP contribution is 2.31. The number of carboxylic acid groups (broad SMARTS) is 1. The van der Waals surface area contributed by atoms with Gasteiger partial charge in [0, 0.05) is 23.2 Å². The molecular formula is C29H28FNO5. The summed E-state index contributed by atoms with van der Waals surface area (Å²) in [6.07, 6.45) is 0. The molecule has 186 valence electrons. The number of fused-ring (bicyclic) bond motifs is 1. The number of nitrogens with zero attached hydrogens (tertiary/aromatic N) is 1. The summed E-state index contributed by atoms with van der Waals surface area (Å²) in [5.41, 5.74) is 2.46. The Morgan fingerprint density at radius 1 is 0.972 bits per heavy atom. The van der Waals surface area contributed by atoms with E-state index in [9.17, 15) is 14.7 Å². The average molecular weight is 490 g/mol. The lowest BCUT2D eigenvalue weighted by molar-refractivity contribution is -0.162. The van der Waals surface area contributed by atoms with Crippen LogP contribution in [0, 0.1) is 12.7 Å². The number of methoxy groups -OCH3 is 1. The van der Waals surface area contributed by atoms with Crippen molar-refractivity contribution in [3.8, 4) is 5.75 Å². The maximum absolute atomic E-state index is 15.0. The van der Waals surface area contributed by atoms with Crippen molar-refractivity contribution in [2.24, 2.45) is 0 Å². The fraction of sp³-hybridized carbons (Fsp3) is 0.241. The van der Waals surface area contributed by atoms with Crippen molar-refractivity contribution in [2.75, 3.05) is 7.11 Å². The smallest absolute Gasteiger partial charge is 0.335 e. The number of hydrogen-bond donors (Lipinski definition) is 1. The number of aromatic nitrogens is 1. The molecule has 6 nitrogen and oxygen atoms in total. The normalized spacial score (nSPS) is 11.6. The fourth-order valence-corrected chi connectivity index (χ4v) is 4.11. The molecule has 3 aromatic carbocycles. The van der Waals surface area contributed by atoms with Crippen molar-refractivity contribution < 1.29 is 28.6 Å². The first-order valence-electron chi connectivity index (χ1n) is 11.5. The van der Waals surface area contributed by atoms with Gasteiger partial charge in [-0.2, -0.15) is 0 Å². The summed E-state index contributed by atoms with van der Waals surface area (Å²) >= 11 is 0. The van der Waals surface area contributed by atoms with Crippen LogP contribution in [-0.4, -0.2) is 34.1 Å². The van der Waals surface area contributed by atoms with E-state index in [1.54, 1.807) is 43.5 Å². The second kappa shape index (κ2) is 9.95. The van der Waals surface area contributed by atoms with Crippen molar-refractivity contribution in [3.63, 3.8) is 0 Å². The van der Waals surface area contributed by atoms with Gasteiger partial charge in [0.05, 0.1) is 24.8 Å². The van der Waals surface area contributed by atoms with E-state index in [1.807, 2.05) is 35.8 Å². The molecule has 0 amide bonds. The highest BCUT2D eigenvalue weighted by Gasteiger charge is 2.28. The summed E-state index contributed by atoms with van der Waals surface area (Å²) in [4.78, 5) is 24.7. The van der Waals surface area contributed by atoms with Crippen LogP contribution >= 0.6 is 0 Å². The Labute approximate surface area is 208 Å². The van der Waals surface area contributed by atoms with Crippen LogP contribution in [0.5, 0.6) is 5.75 Å². The van der Waals surface area contributed by atoms with Crippen LogP contribution in [0.4, 0.5) is 4.39 Å². The molecule has 0 bridgehead atoms. The van der Waals surface area contributed by atoms with Gasteiger partial charge < -0.3 is 19.1 Å². The summed E-state index contributed by atoms with van der Waals surface area (Å²) < 4.78 is 27.6. The number of carboxylic acids is 1. The van der Waals surface area contributed by atoms with E-state index in [1.165, 1.54) is 19.9 Å². The van der Waals surface area contributed by atoms with E-state index < -0.39 is 17.4 Å². The molecule has 36 heavy (non-hydrogen) atoms. The van der Waals surface area contributed by atoms with E-state index in [2.05, 4.69) is 0 Å². The van der Waals surface area contributed by atoms with Crippen molar-refractivity contribution in [2.45, 2.75) is 39.5 Å². The second-order valence-corrected chi connectivity index (χ2v) is 9.16. The van der Waals surface area contributed by atoms with E-state index in [0.29, 0.717) is 40.0 Å². The topological polar surface area (TPSA) is 77.8 Å². The monoisotopic (exact) mass is 489 g/mol. The minimum atomic E-state index is -1.29. The fourth-order valence-electron chi connectivity index (χ4n) is 4.11. The van der Waals surface area contributed by atoms with Gasteiger partial charge in [-0.1, -0.05) is 36.4 Å². The molecule has 0 unspecified atom stereocenters. The Bertz CT molecular complexity index is 1420. The maximum Gasteiger partial charge on any atom is 0.335 e. The lowest BCUT2D eigenvalue weighted by atomic mass is 10.0. The van der Waals surface area contributed by atoms with Gasteiger partial charge in [-0.25, -0.2) is 9.18 Å². The molecule has 4 rings (SSSR count). The van der Waals surface area contributed by atoms with Gasteiger partial charge in [0.1, 0.15) is 11.6 Å². The predicted octanol–water partition coefficient (Wildman–Crippen LogP) is 5.76. The summed E-state index contributed by atoms with van der Waals surface area (Å²) in [5.74, 6) is -0.962. The number of carbonyl (C=O) groups is 2. The number of halogens is 1. The molecule has 0 fully saturated rings. The van der Waals surface area contributed by atoms with Gasteiger partial charge in [-0.05, 0) is 62.2 Å². The molecule has 0 aliphatic rings. The first kappa shape index (κ1) is 25.1. The Kier molecular flexibility index (Phi) is 6.95. The standard InChI is InChI=1S/C29H28FNO5/c1-18-25(27(32)21-12-14-22(35-4)15-13-21)23-6-5-7-24(30)26(23)31(18)16-19-8-10-20(11-9-19)17-36-29(2,3)28(33)34/h5-15H,16-17H2,1-4H3,(H,33,34). The molecule has 0 saturated heterocycles. The molecular weight excluding hydrogens is 461 g/mol. The Morgan fingerprint density at radius 2 is 1.61 bits per heavy atom. The van der Waals surface area contributed by atoms with Crippen LogP contribution in [0.25, 0.3) is 10.9 Å². The number of hydrogen-bond acceptors (Lipinski definition) is 4. The quantitative estimate of drug-likeness (QED) is 0.303. The van der Waals surface area contributed by atoms with Crippen LogP contribution in [0.3, 0.4) is 0 Å². The van der Waals surface area contributed by atoms with Gasteiger partial charge in [0.25, 0.3) is 0 Å². The third-order valence-corrected chi connectivity index (χ3v) is 6.35. The second-order valence-electron chi connectivity index (χ2n) is 9.16. The van der Waals surface area contributed by atoms with Crippen LogP contribution in [0.1, 0.15) is 46.6 Å². The van der Waals surface area contributed by atoms with Crippen molar-refractivity contribution in [3.05, 3.63) is 100 Å². The zero-order chi connectivity index (χ0) is 26.0. The Hall–Kier alpha value is -3.97. The minimum Gasteiger partial charge on any atom is -0.497 e. The molecule has 0 aliphatic carbocycles. The SMILES string of the molecule is COc1ccc(C(=O)c2c(C)n(Cc3ccc(COC(C)(C)C(=O)O)cc3)c3c(F)cccc23)cc1. The number of ketones is 1. The number of carbonyl (C=O) groups excluding carboxylic acids is 1. The average Bonchev–Trinajstić information content (AvgIpc) is 3.15. The van der Waals surface area contributed by atoms with E-state index >= 15 is 4.39 Å². The van der Waals surface area contributed by atoms with Crippen LogP contribution in [0.2, 0.25) is 0 Å². The van der Waals surface area contributed by atoms with Crippen molar-refractivity contribution in [1.82, 2.24) is 4.57 Å². The Balaban J connectivity index is 1.65. The van der Waals surface area contributed by atoms with E-state index in [-0.39, 0.29) is 12.4 Å². The number of rotatable bonds is 9. The largest absolute Gasteiger partial charge is 0.497 e. The molecule has 7 heteroatoms. The lowest BCUT2D eigenvalue weighted by Gasteiger charge is -2.20. The van der Waals surface area contributed by atoms with Gasteiger partial charge in [0.2, 0.25) is 0 Å². The molecule has 1 heterocycles. The first-order valence-corrected chi connectivity index (χ1v) is 11.5. The first-order chi connectivity index (χ1) is 17.1. The molecule has 1 aromatic heterocycles. The molecule has 0 saturated carbocycles. The summed E-state index contributed by atoms with van der Waals surface area (Å²) in [7, 11) is 1.56. The van der Waals surface area contributed by atoms with Gasteiger partial charge in [-0.3, -0.25) is 4.79 Å². The summed E-state index contributed by atoms with van der Waals surface area (Å²) in [5, 5.41) is 9.78. The molecule has 0 radical (unpaired) electrons. The highest BCUT2D eigenvalue weighted by molar-refractivity contribution is 6.17. The van der Waals surface area contributed by atoms with Crippen LogP contribution in [-0.2, 0) is 22.7 Å². The lowest BCUT2D eigenvalue weighted by Crippen LogP contribution is -2.34. The van der Waals surface area contributed by atoms with Crippen molar-refractivity contribution >= 4 is 22.7 Å². The van der Waals surface area contributed by atoms with Gasteiger partial charge in [-0.15, -0.1) is 0 Å². The van der Waals surface area contributed by atoms with Crippen LogP contribution < -0.4 is 4.74 Å².